The van der Waals surface area contributed by atoms with E-state index < -0.39 is 0 Å². The monoisotopic (exact) mass is 409 g/mol. The van der Waals surface area contributed by atoms with Gasteiger partial charge in [-0.25, -0.2) is 4.98 Å². The third-order valence-corrected chi connectivity index (χ3v) is 5.81. The fourth-order valence-electron chi connectivity index (χ4n) is 2.45. The maximum absolute atomic E-state index is 12.6. The highest BCUT2D eigenvalue weighted by Gasteiger charge is 2.12. The normalized spacial score (nSPS) is 10.4. The Hall–Kier alpha value is -2.72. The van der Waals surface area contributed by atoms with Crippen LogP contribution in [0.15, 0.2) is 48.1 Å². The molecule has 27 heavy (non-hydrogen) atoms. The number of aromatic nitrogens is 2. The van der Waals surface area contributed by atoms with Crippen LogP contribution < -0.4 is 5.32 Å². The van der Waals surface area contributed by atoms with Crippen LogP contribution in [0.2, 0.25) is 5.02 Å². The molecule has 0 radical (unpaired) electrons. The van der Waals surface area contributed by atoms with Gasteiger partial charge in [-0.2, -0.15) is 0 Å². The van der Waals surface area contributed by atoms with E-state index in [0.717, 1.165) is 26.4 Å². The summed E-state index contributed by atoms with van der Waals surface area (Å²) in [6, 6.07) is 8.85. The molecule has 1 amide bonds. The number of nitrogens with one attached hydrogen (secondary N) is 1. The third kappa shape index (κ3) is 4.01. The molecule has 0 unspecified atom stereocenters. The molecule has 0 bridgehead atoms. The van der Waals surface area contributed by atoms with Crippen LogP contribution >= 0.6 is 34.3 Å². The number of carbonyl (C=O) groups excluding carboxylic acids is 1. The number of aryl methyl sites for hydroxylation is 1. The Morgan fingerprint density at radius 3 is 2.74 bits per heavy atom. The average molecular weight is 410 g/mol. The molecule has 1 aromatic carbocycles. The molecule has 0 spiro atoms. The van der Waals surface area contributed by atoms with Gasteiger partial charge in [0.2, 0.25) is 0 Å². The highest BCUT2D eigenvalue weighted by molar-refractivity contribution is 7.20. The molecule has 4 nitrogen and oxygen atoms in total. The molecule has 7 heteroatoms. The molecule has 3 heterocycles. The lowest BCUT2D eigenvalue weighted by Crippen LogP contribution is -2.09. The molecule has 0 aliphatic heterocycles. The summed E-state index contributed by atoms with van der Waals surface area (Å²) in [5, 5.41) is 7.32. The van der Waals surface area contributed by atoms with E-state index in [0.29, 0.717) is 15.6 Å². The van der Waals surface area contributed by atoms with E-state index in [9.17, 15) is 4.79 Å². The fourth-order valence-corrected chi connectivity index (χ4v) is 4.07. The van der Waals surface area contributed by atoms with Gasteiger partial charge in [0.15, 0.2) is 0 Å². The number of fused-ring (bicyclic) bond motifs is 1. The van der Waals surface area contributed by atoms with Gasteiger partial charge in [-0.15, -0.1) is 22.7 Å². The van der Waals surface area contributed by atoms with Crippen molar-refractivity contribution >= 4 is 56.0 Å². The van der Waals surface area contributed by atoms with Crippen LogP contribution in [0.4, 0.5) is 5.69 Å². The number of carbonyl (C=O) groups is 1. The summed E-state index contributed by atoms with van der Waals surface area (Å²) in [5.74, 6) is 6.00. The zero-order valence-corrected chi connectivity index (χ0v) is 16.5. The lowest BCUT2D eigenvalue weighted by Gasteiger charge is -2.02. The van der Waals surface area contributed by atoms with E-state index in [2.05, 4.69) is 27.1 Å². The number of benzene rings is 1. The number of hydrogen-bond donors (Lipinski definition) is 1. The summed E-state index contributed by atoms with van der Waals surface area (Å²) < 4.78 is 0.914. The highest BCUT2D eigenvalue weighted by Crippen LogP contribution is 2.28. The average Bonchev–Trinajstić information content (AvgIpc) is 3.28. The maximum Gasteiger partial charge on any atom is 0.265 e. The summed E-state index contributed by atoms with van der Waals surface area (Å²) in [5.41, 5.74) is 2.21. The Bertz CT molecular complexity index is 1200. The van der Waals surface area contributed by atoms with Gasteiger partial charge in [-0.1, -0.05) is 17.5 Å². The minimum atomic E-state index is -0.174. The summed E-state index contributed by atoms with van der Waals surface area (Å²) in [6.45, 7) is 1.95. The Kier molecular flexibility index (Phi) is 4.90. The predicted molar refractivity (Wildman–Crippen MR) is 112 cm³/mol. The Morgan fingerprint density at radius 1 is 1.19 bits per heavy atom. The quantitative estimate of drug-likeness (QED) is 0.453. The topological polar surface area (TPSA) is 54.9 Å². The predicted octanol–water partition coefficient (Wildman–Crippen LogP) is 5.37. The summed E-state index contributed by atoms with van der Waals surface area (Å²) in [6.07, 6.45) is 3.46. The van der Waals surface area contributed by atoms with Crippen LogP contribution in [0.25, 0.3) is 10.1 Å². The van der Waals surface area contributed by atoms with Crippen molar-refractivity contribution in [3.63, 3.8) is 0 Å². The Morgan fingerprint density at radius 2 is 2.00 bits per heavy atom. The van der Waals surface area contributed by atoms with Crippen molar-refractivity contribution in [2.75, 3.05) is 5.32 Å². The van der Waals surface area contributed by atoms with Crippen LogP contribution in [-0.4, -0.2) is 15.9 Å². The first-order chi connectivity index (χ1) is 13.1. The van der Waals surface area contributed by atoms with Crippen molar-refractivity contribution < 1.29 is 4.79 Å². The number of thiazole rings is 1. The number of rotatable bonds is 2. The molecule has 4 rings (SSSR count). The smallest absolute Gasteiger partial charge is 0.265 e. The lowest BCUT2D eigenvalue weighted by molar-refractivity contribution is 0.103. The number of nitrogens with zero attached hydrogens (tertiary/aromatic N) is 2. The van der Waals surface area contributed by atoms with Crippen molar-refractivity contribution in [3.8, 4) is 11.8 Å². The second-order valence-electron chi connectivity index (χ2n) is 5.67. The molecule has 4 aromatic rings. The van der Waals surface area contributed by atoms with E-state index in [1.165, 1.54) is 11.3 Å². The number of amides is 1. The van der Waals surface area contributed by atoms with Gasteiger partial charge in [0.05, 0.1) is 20.1 Å². The molecular formula is C20H12ClN3OS2. The van der Waals surface area contributed by atoms with Crippen molar-refractivity contribution in [2.45, 2.75) is 6.92 Å². The summed E-state index contributed by atoms with van der Waals surface area (Å²) in [4.78, 5) is 21.7. The standard InChI is InChI=1S/C20H12ClN3OS2/c1-12-23-16(11-26-12)5-2-13-9-22-10-19-17(13)8-18(27-19)20(25)24-15-6-3-14(21)4-7-15/h3-4,6-11H,1H3,(H,24,25). The molecule has 1 N–H and O–H groups in total. The third-order valence-electron chi connectivity index (χ3n) is 3.72. The number of pyridine rings is 1. The zero-order chi connectivity index (χ0) is 18.8. The van der Waals surface area contributed by atoms with Gasteiger partial charge in [-0.05, 0) is 43.2 Å². The molecule has 0 atom stereocenters. The lowest BCUT2D eigenvalue weighted by atomic mass is 10.2. The Labute approximate surface area is 168 Å². The second kappa shape index (κ2) is 7.49. The van der Waals surface area contributed by atoms with Crippen molar-refractivity contribution in [1.29, 1.82) is 0 Å². The van der Waals surface area contributed by atoms with E-state index >= 15 is 0 Å². The number of hydrogen-bond acceptors (Lipinski definition) is 5. The highest BCUT2D eigenvalue weighted by atomic mass is 35.5. The minimum absolute atomic E-state index is 0.174. The molecule has 0 aliphatic rings. The van der Waals surface area contributed by atoms with E-state index in [1.807, 2.05) is 18.4 Å². The van der Waals surface area contributed by atoms with E-state index in [4.69, 9.17) is 11.6 Å². The van der Waals surface area contributed by atoms with Gasteiger partial charge in [0.1, 0.15) is 5.69 Å². The van der Waals surface area contributed by atoms with Crippen LogP contribution in [0.5, 0.6) is 0 Å². The summed E-state index contributed by atoms with van der Waals surface area (Å²) in [7, 11) is 0. The first-order valence-corrected chi connectivity index (χ1v) is 10.0. The number of halogens is 1. The first kappa shape index (κ1) is 17.7. The molecule has 132 valence electrons. The van der Waals surface area contributed by atoms with Crippen LogP contribution in [0.3, 0.4) is 0 Å². The molecule has 3 aromatic heterocycles. The SMILES string of the molecule is Cc1nc(C#Cc2cncc3sc(C(=O)Nc4ccc(Cl)cc4)cc23)cs1. The number of thiophene rings is 1. The van der Waals surface area contributed by atoms with Crippen LogP contribution in [0, 0.1) is 18.8 Å². The Balaban J connectivity index is 1.63. The fraction of sp³-hybridized carbons (Fsp3) is 0.0500. The zero-order valence-electron chi connectivity index (χ0n) is 14.1. The van der Waals surface area contributed by atoms with Gasteiger partial charge in [0.25, 0.3) is 5.91 Å². The second-order valence-corrected chi connectivity index (χ2v) is 8.25. The van der Waals surface area contributed by atoms with Gasteiger partial charge >= 0.3 is 0 Å². The molecule has 0 saturated heterocycles. The minimum Gasteiger partial charge on any atom is -0.321 e. The maximum atomic E-state index is 12.6. The first-order valence-electron chi connectivity index (χ1n) is 7.97. The van der Waals surface area contributed by atoms with E-state index in [-0.39, 0.29) is 5.91 Å². The molecule has 0 aliphatic carbocycles. The van der Waals surface area contributed by atoms with Crippen molar-refractivity contribution in [2.24, 2.45) is 0 Å². The van der Waals surface area contributed by atoms with Gasteiger partial charge in [-0.3, -0.25) is 9.78 Å². The largest absolute Gasteiger partial charge is 0.321 e. The number of anilines is 1. The van der Waals surface area contributed by atoms with Gasteiger partial charge in [0, 0.05) is 33.9 Å². The van der Waals surface area contributed by atoms with Crippen molar-refractivity contribution in [1.82, 2.24) is 9.97 Å². The van der Waals surface area contributed by atoms with Crippen LogP contribution in [-0.2, 0) is 0 Å². The van der Waals surface area contributed by atoms with Gasteiger partial charge < -0.3 is 5.32 Å². The van der Waals surface area contributed by atoms with Crippen LogP contribution in [0.1, 0.15) is 25.9 Å². The molecule has 0 saturated carbocycles. The van der Waals surface area contributed by atoms with E-state index in [1.54, 1.807) is 48.0 Å². The molecular weight excluding hydrogens is 398 g/mol. The van der Waals surface area contributed by atoms with Crippen molar-refractivity contribution in [3.05, 3.63) is 74.3 Å². The summed E-state index contributed by atoms with van der Waals surface area (Å²) >= 11 is 8.83. The molecule has 0 fully saturated rings.